The fourth-order valence-electron chi connectivity index (χ4n) is 1.07. The summed E-state index contributed by atoms with van der Waals surface area (Å²) in [6, 6.07) is 8.45. The van der Waals surface area contributed by atoms with Crippen molar-refractivity contribution in [3.8, 4) is 0 Å². The highest BCUT2D eigenvalue weighted by Gasteiger charge is 2.11. The van der Waals surface area contributed by atoms with E-state index in [2.05, 4.69) is 5.32 Å². The van der Waals surface area contributed by atoms with Gasteiger partial charge in [-0.1, -0.05) is 18.2 Å². The minimum absolute atomic E-state index is 0.174. The molecule has 0 heterocycles. The van der Waals surface area contributed by atoms with Crippen molar-refractivity contribution in [3.05, 3.63) is 35.9 Å². The first-order valence-electron chi connectivity index (χ1n) is 4.88. The smallest absolute Gasteiger partial charge is 0.251 e. The van der Waals surface area contributed by atoms with Crippen molar-refractivity contribution in [2.24, 2.45) is 5.73 Å². The molecule has 4 heteroatoms. The monoisotopic (exact) mass is 208 g/mol. The first-order valence-corrected chi connectivity index (χ1v) is 4.88. The molecule has 4 N–H and O–H groups in total. The number of aliphatic hydroxyl groups excluding tert-OH is 1. The van der Waals surface area contributed by atoms with E-state index < -0.39 is 12.1 Å². The second-order valence-electron chi connectivity index (χ2n) is 3.48. The Labute approximate surface area is 89.1 Å². The fourth-order valence-corrected chi connectivity index (χ4v) is 1.07. The lowest BCUT2D eigenvalue weighted by Crippen LogP contribution is -2.43. The molecule has 82 valence electrons. The van der Waals surface area contributed by atoms with E-state index in [1.54, 1.807) is 31.2 Å². The number of aliphatic hydroxyl groups is 1. The molecule has 4 nitrogen and oxygen atoms in total. The van der Waals surface area contributed by atoms with Gasteiger partial charge >= 0.3 is 0 Å². The summed E-state index contributed by atoms with van der Waals surface area (Å²) in [6.07, 6.45) is -0.624. The second kappa shape index (κ2) is 5.48. The Kier molecular flexibility index (Phi) is 4.27. The lowest BCUT2D eigenvalue weighted by Gasteiger charge is -2.15. The van der Waals surface area contributed by atoms with Gasteiger partial charge in [-0.25, -0.2) is 0 Å². The van der Waals surface area contributed by atoms with Crippen LogP contribution in [0.2, 0.25) is 0 Å². The molecule has 15 heavy (non-hydrogen) atoms. The van der Waals surface area contributed by atoms with Crippen molar-refractivity contribution >= 4 is 5.91 Å². The van der Waals surface area contributed by atoms with Crippen molar-refractivity contribution in [2.75, 3.05) is 6.54 Å². The maximum Gasteiger partial charge on any atom is 0.251 e. The number of hydrogen-bond acceptors (Lipinski definition) is 3. The molecule has 0 radical (unpaired) electrons. The number of rotatable bonds is 4. The Hall–Kier alpha value is -1.39. The highest BCUT2D eigenvalue weighted by molar-refractivity contribution is 5.94. The SMILES string of the molecule is CC(O)C(N)CNC(=O)c1ccccc1. The predicted octanol–water partition coefficient (Wildman–Crippen LogP) is 0.125. The van der Waals surface area contributed by atoms with Crippen LogP contribution in [0.3, 0.4) is 0 Å². The van der Waals surface area contributed by atoms with Crippen LogP contribution in [0.1, 0.15) is 17.3 Å². The number of nitrogens with one attached hydrogen (secondary N) is 1. The average molecular weight is 208 g/mol. The van der Waals surface area contributed by atoms with Gasteiger partial charge in [0.2, 0.25) is 0 Å². The highest BCUT2D eigenvalue weighted by Crippen LogP contribution is 1.97. The van der Waals surface area contributed by atoms with Gasteiger partial charge < -0.3 is 16.2 Å². The number of carbonyl (C=O) groups excluding carboxylic acids is 1. The summed E-state index contributed by atoms with van der Waals surface area (Å²) < 4.78 is 0. The van der Waals surface area contributed by atoms with Gasteiger partial charge in [0.05, 0.1) is 6.10 Å². The van der Waals surface area contributed by atoms with Crippen LogP contribution in [-0.2, 0) is 0 Å². The number of amides is 1. The van der Waals surface area contributed by atoms with E-state index in [-0.39, 0.29) is 12.5 Å². The summed E-state index contributed by atoms with van der Waals surface area (Å²) in [5, 5.41) is 11.8. The van der Waals surface area contributed by atoms with Gasteiger partial charge in [0.1, 0.15) is 0 Å². The van der Waals surface area contributed by atoms with Crippen LogP contribution >= 0.6 is 0 Å². The van der Waals surface area contributed by atoms with Crippen LogP contribution in [0.4, 0.5) is 0 Å². The molecule has 0 saturated heterocycles. The summed E-state index contributed by atoms with van der Waals surface area (Å²) in [5.41, 5.74) is 6.17. The predicted molar refractivity (Wildman–Crippen MR) is 58.4 cm³/mol. The van der Waals surface area contributed by atoms with Gasteiger partial charge in [0.15, 0.2) is 0 Å². The van der Waals surface area contributed by atoms with Crippen LogP contribution in [-0.4, -0.2) is 29.7 Å². The van der Waals surface area contributed by atoms with Gasteiger partial charge in [-0.15, -0.1) is 0 Å². The maximum absolute atomic E-state index is 11.5. The van der Waals surface area contributed by atoms with E-state index in [0.717, 1.165) is 0 Å². The van der Waals surface area contributed by atoms with Crippen LogP contribution < -0.4 is 11.1 Å². The first kappa shape index (κ1) is 11.7. The zero-order valence-corrected chi connectivity index (χ0v) is 8.68. The molecule has 1 amide bonds. The Morgan fingerprint density at radius 2 is 2.07 bits per heavy atom. The fraction of sp³-hybridized carbons (Fsp3) is 0.364. The molecule has 0 spiro atoms. The van der Waals surface area contributed by atoms with Gasteiger partial charge in [0.25, 0.3) is 5.91 Å². The Bertz CT molecular complexity index is 312. The van der Waals surface area contributed by atoms with Crippen molar-refractivity contribution in [1.82, 2.24) is 5.32 Å². The van der Waals surface area contributed by atoms with Crippen molar-refractivity contribution < 1.29 is 9.90 Å². The van der Waals surface area contributed by atoms with Crippen molar-refractivity contribution in [3.63, 3.8) is 0 Å². The van der Waals surface area contributed by atoms with Crippen LogP contribution in [0, 0.1) is 0 Å². The largest absolute Gasteiger partial charge is 0.392 e. The lowest BCUT2D eigenvalue weighted by atomic mass is 10.2. The molecule has 0 bridgehead atoms. The first-order chi connectivity index (χ1) is 7.11. The normalized spacial score (nSPS) is 14.3. The summed E-state index contributed by atoms with van der Waals surface area (Å²) in [4.78, 5) is 11.5. The number of benzene rings is 1. The molecular weight excluding hydrogens is 192 g/mol. The molecular formula is C11H16N2O2. The van der Waals surface area contributed by atoms with Crippen LogP contribution in [0.5, 0.6) is 0 Å². The number of hydrogen-bond donors (Lipinski definition) is 3. The molecule has 1 rings (SSSR count). The number of nitrogens with two attached hydrogens (primary N) is 1. The summed E-state index contributed by atoms with van der Waals surface area (Å²) in [7, 11) is 0. The van der Waals surface area contributed by atoms with Crippen LogP contribution in [0.25, 0.3) is 0 Å². The Morgan fingerprint density at radius 3 is 2.60 bits per heavy atom. The molecule has 1 aromatic carbocycles. The summed E-state index contributed by atoms with van der Waals surface area (Å²) in [6.45, 7) is 1.87. The van der Waals surface area contributed by atoms with Gasteiger partial charge in [-0.2, -0.15) is 0 Å². The quantitative estimate of drug-likeness (QED) is 0.658. The van der Waals surface area contributed by atoms with Gasteiger partial charge in [0, 0.05) is 18.2 Å². The molecule has 0 aliphatic heterocycles. The summed E-state index contributed by atoms with van der Waals surface area (Å²) in [5.74, 6) is -0.174. The Morgan fingerprint density at radius 1 is 1.47 bits per heavy atom. The van der Waals surface area contributed by atoms with E-state index in [1.165, 1.54) is 0 Å². The van der Waals surface area contributed by atoms with E-state index >= 15 is 0 Å². The lowest BCUT2D eigenvalue weighted by molar-refractivity contribution is 0.0937. The van der Waals surface area contributed by atoms with Gasteiger partial charge in [-0.05, 0) is 19.1 Å². The maximum atomic E-state index is 11.5. The molecule has 0 saturated carbocycles. The molecule has 1 aromatic rings. The van der Waals surface area contributed by atoms with Crippen LogP contribution in [0.15, 0.2) is 30.3 Å². The third-order valence-corrected chi connectivity index (χ3v) is 2.15. The standard InChI is InChI=1S/C11H16N2O2/c1-8(14)10(12)7-13-11(15)9-5-3-2-4-6-9/h2-6,8,10,14H,7,12H2,1H3,(H,13,15). The molecule has 0 aliphatic carbocycles. The third-order valence-electron chi connectivity index (χ3n) is 2.15. The third kappa shape index (κ3) is 3.69. The van der Waals surface area contributed by atoms with Crippen molar-refractivity contribution in [1.29, 1.82) is 0 Å². The minimum atomic E-state index is -0.624. The van der Waals surface area contributed by atoms with E-state index in [9.17, 15) is 4.79 Å². The second-order valence-corrected chi connectivity index (χ2v) is 3.48. The molecule has 0 aromatic heterocycles. The highest BCUT2D eigenvalue weighted by atomic mass is 16.3. The van der Waals surface area contributed by atoms with E-state index in [0.29, 0.717) is 5.56 Å². The van der Waals surface area contributed by atoms with Crippen molar-refractivity contribution in [2.45, 2.75) is 19.1 Å². The summed E-state index contributed by atoms with van der Waals surface area (Å²) >= 11 is 0. The van der Waals surface area contributed by atoms with E-state index in [4.69, 9.17) is 10.8 Å². The Balaban J connectivity index is 2.44. The van der Waals surface area contributed by atoms with E-state index in [1.807, 2.05) is 6.07 Å². The molecule has 2 unspecified atom stereocenters. The zero-order chi connectivity index (χ0) is 11.3. The molecule has 0 aliphatic rings. The van der Waals surface area contributed by atoms with Gasteiger partial charge in [-0.3, -0.25) is 4.79 Å². The molecule has 0 fully saturated rings. The topological polar surface area (TPSA) is 75.3 Å². The average Bonchev–Trinajstić information content (AvgIpc) is 2.26. The zero-order valence-electron chi connectivity index (χ0n) is 8.68. The minimum Gasteiger partial charge on any atom is -0.392 e. The number of carbonyl (C=O) groups is 1. The molecule has 2 atom stereocenters.